The zero-order valence-corrected chi connectivity index (χ0v) is 23.6. The summed E-state index contributed by atoms with van der Waals surface area (Å²) in [6, 6.07) is 0. The highest BCUT2D eigenvalue weighted by Crippen LogP contribution is 2.66. The van der Waals surface area contributed by atoms with Crippen molar-refractivity contribution in [2.45, 2.75) is 123 Å². The Balaban J connectivity index is 1.42. The van der Waals surface area contributed by atoms with Crippen LogP contribution >= 0.6 is 0 Å². The van der Waals surface area contributed by atoms with Gasteiger partial charge in [-0.1, -0.05) is 32.8 Å². The van der Waals surface area contributed by atoms with Crippen molar-refractivity contribution in [3.8, 4) is 0 Å². The molecule has 2 fully saturated rings. The van der Waals surface area contributed by atoms with E-state index >= 15 is 0 Å². The summed E-state index contributed by atoms with van der Waals surface area (Å²) in [5.74, 6) is 1.43. The van der Waals surface area contributed by atoms with E-state index in [0.29, 0.717) is 29.7 Å². The van der Waals surface area contributed by atoms with Crippen molar-refractivity contribution in [3.05, 3.63) is 23.3 Å². The first-order valence-electron chi connectivity index (χ1n) is 14.4. The predicted molar refractivity (Wildman–Crippen MR) is 142 cm³/mol. The summed E-state index contributed by atoms with van der Waals surface area (Å²) < 4.78 is 5.62. The van der Waals surface area contributed by atoms with Gasteiger partial charge in [-0.25, -0.2) is 0 Å². The summed E-state index contributed by atoms with van der Waals surface area (Å²) in [6.45, 7) is 12.4. The third-order valence-electron chi connectivity index (χ3n) is 10.5. The molecule has 6 nitrogen and oxygen atoms in total. The van der Waals surface area contributed by atoms with E-state index in [0.717, 1.165) is 44.9 Å². The van der Waals surface area contributed by atoms with Gasteiger partial charge in [-0.3, -0.25) is 9.59 Å². The molecule has 0 aromatic rings. The molecule has 37 heavy (non-hydrogen) atoms. The van der Waals surface area contributed by atoms with Crippen LogP contribution in [0, 0.1) is 34.5 Å². The number of rotatable bonds is 8. The van der Waals surface area contributed by atoms with Crippen molar-refractivity contribution in [1.29, 1.82) is 0 Å². The van der Waals surface area contributed by atoms with Crippen LogP contribution in [0.3, 0.4) is 0 Å². The molecule has 0 radical (unpaired) electrons. The Labute approximate surface area is 222 Å². The van der Waals surface area contributed by atoms with Gasteiger partial charge in [-0.2, -0.15) is 0 Å². The lowest BCUT2D eigenvalue weighted by Crippen LogP contribution is -2.51. The molecule has 3 N–H and O–H groups in total. The van der Waals surface area contributed by atoms with Crippen LogP contribution in [0.4, 0.5) is 0 Å². The van der Waals surface area contributed by atoms with Gasteiger partial charge < -0.3 is 20.1 Å². The predicted octanol–water partition coefficient (Wildman–Crippen LogP) is 4.90. The minimum atomic E-state index is -0.959. The minimum absolute atomic E-state index is 0.0211. The monoisotopic (exact) mass is 516 g/mol. The third kappa shape index (κ3) is 5.35. The van der Waals surface area contributed by atoms with Crippen LogP contribution in [-0.4, -0.2) is 51.0 Å². The number of aliphatic hydroxyl groups is 3. The van der Waals surface area contributed by atoms with Crippen LogP contribution in [0.15, 0.2) is 23.3 Å². The second kappa shape index (κ2) is 10.2. The molecule has 0 saturated heterocycles. The Hall–Kier alpha value is -1.50. The molecule has 4 rings (SSSR count). The van der Waals surface area contributed by atoms with Gasteiger partial charge >= 0.3 is 5.97 Å². The first-order valence-corrected chi connectivity index (χ1v) is 14.4. The summed E-state index contributed by atoms with van der Waals surface area (Å²) in [6.07, 6.45) is 8.73. The number of aliphatic hydroxyl groups excluding tert-OH is 3. The van der Waals surface area contributed by atoms with E-state index < -0.39 is 29.3 Å². The highest BCUT2D eigenvalue weighted by atomic mass is 16.6. The average molecular weight is 517 g/mol. The number of allylic oxidation sites excluding steroid dienone is 3. The molecule has 0 heterocycles. The van der Waals surface area contributed by atoms with E-state index in [1.165, 1.54) is 5.57 Å². The average Bonchev–Trinajstić information content (AvgIpc) is 3.12. The summed E-state index contributed by atoms with van der Waals surface area (Å²) in [7, 11) is 0. The fourth-order valence-electron chi connectivity index (χ4n) is 8.61. The molecule has 0 aliphatic heterocycles. The second-order valence-electron chi connectivity index (χ2n) is 13.8. The Kier molecular flexibility index (Phi) is 7.89. The van der Waals surface area contributed by atoms with Crippen LogP contribution in [0.25, 0.3) is 0 Å². The highest BCUT2D eigenvalue weighted by Gasteiger charge is 2.59. The maximum absolute atomic E-state index is 13.2. The quantitative estimate of drug-likeness (QED) is 0.397. The van der Waals surface area contributed by atoms with E-state index in [9.17, 15) is 24.9 Å². The van der Waals surface area contributed by atoms with Crippen LogP contribution in [0.2, 0.25) is 0 Å². The van der Waals surface area contributed by atoms with Gasteiger partial charge in [-0.05, 0) is 107 Å². The zero-order chi connectivity index (χ0) is 27.3. The smallest absolute Gasteiger partial charge is 0.308 e. The van der Waals surface area contributed by atoms with Crippen molar-refractivity contribution in [1.82, 2.24) is 0 Å². The number of carbonyl (C=O) groups excluding carboxylic acids is 2. The van der Waals surface area contributed by atoms with E-state index in [4.69, 9.17) is 4.74 Å². The van der Waals surface area contributed by atoms with Crippen molar-refractivity contribution in [2.24, 2.45) is 34.5 Å². The fraction of sp³-hybridized carbons (Fsp3) is 0.806. The lowest BCUT2D eigenvalue weighted by atomic mass is 9.49. The second-order valence-corrected chi connectivity index (χ2v) is 13.8. The van der Waals surface area contributed by atoms with Crippen LogP contribution in [0.1, 0.15) is 99.3 Å². The normalized spacial score (nSPS) is 39.1. The number of carbonyl (C=O) groups is 2. The van der Waals surface area contributed by atoms with E-state index in [1.54, 1.807) is 13.0 Å². The molecule has 4 aliphatic carbocycles. The maximum atomic E-state index is 13.2. The Morgan fingerprint density at radius 2 is 1.86 bits per heavy atom. The van der Waals surface area contributed by atoms with Gasteiger partial charge in [-0.15, -0.1) is 0 Å². The Morgan fingerprint density at radius 1 is 1.16 bits per heavy atom. The molecule has 0 unspecified atom stereocenters. The standard InChI is InChI=1S/C31H48O6/c1-18(8-7-12-29(3,4)37-28(36)14-19(2)32)21-9-10-22-20-15-25(33)24-16-26(34)27(35)17-31(24,6)23(20)11-13-30(21,22)5/h15-16,18-19,21-23,26-27,32,34-35H,7-14,17H2,1-6H3/t18-,19+,21-,22+,23+,26+,27-,30-,31-/m1/s1. The van der Waals surface area contributed by atoms with E-state index in [-0.39, 0.29) is 29.5 Å². The molecule has 0 aromatic carbocycles. The van der Waals surface area contributed by atoms with E-state index in [1.807, 2.05) is 19.9 Å². The van der Waals surface area contributed by atoms with Crippen molar-refractivity contribution >= 4 is 11.8 Å². The molecule has 0 bridgehead atoms. The molecule has 0 spiro atoms. The van der Waals surface area contributed by atoms with Crippen LogP contribution in [0.5, 0.6) is 0 Å². The number of hydrogen-bond donors (Lipinski definition) is 3. The largest absolute Gasteiger partial charge is 0.460 e. The first kappa shape index (κ1) is 28.5. The van der Waals surface area contributed by atoms with Gasteiger partial charge in [0, 0.05) is 11.0 Å². The summed E-state index contributed by atoms with van der Waals surface area (Å²) >= 11 is 0. The van der Waals surface area contributed by atoms with Crippen molar-refractivity contribution < 1.29 is 29.6 Å². The molecule has 208 valence electrons. The summed E-state index contributed by atoms with van der Waals surface area (Å²) in [5.41, 5.74) is 1.20. The summed E-state index contributed by atoms with van der Waals surface area (Å²) in [5, 5.41) is 30.1. The topological polar surface area (TPSA) is 104 Å². The molecule has 4 aliphatic rings. The molecule has 6 heteroatoms. The lowest BCUT2D eigenvalue weighted by Gasteiger charge is -2.55. The molecule has 0 aromatic heterocycles. The minimum Gasteiger partial charge on any atom is -0.460 e. The lowest BCUT2D eigenvalue weighted by molar-refractivity contribution is -0.159. The zero-order valence-electron chi connectivity index (χ0n) is 23.6. The Morgan fingerprint density at radius 3 is 2.54 bits per heavy atom. The summed E-state index contributed by atoms with van der Waals surface area (Å²) in [4.78, 5) is 25.2. The third-order valence-corrected chi connectivity index (χ3v) is 10.5. The maximum Gasteiger partial charge on any atom is 0.308 e. The molecule has 2 saturated carbocycles. The SMILES string of the molecule is C[C@H](O)CC(=O)OC(C)(C)CCC[C@@H](C)[C@H]1CC[C@H]2C3=CC(=O)C4=C[C@H](O)[C@H](O)C[C@]4(C)[C@H]3CC[C@]12C. The Bertz CT molecular complexity index is 963. The first-order chi connectivity index (χ1) is 17.2. The van der Waals surface area contributed by atoms with Crippen molar-refractivity contribution in [2.75, 3.05) is 0 Å². The van der Waals surface area contributed by atoms with E-state index in [2.05, 4.69) is 20.8 Å². The number of hydrogen-bond acceptors (Lipinski definition) is 6. The van der Waals surface area contributed by atoms with Gasteiger partial charge in [0.15, 0.2) is 5.78 Å². The van der Waals surface area contributed by atoms with Crippen LogP contribution < -0.4 is 0 Å². The number of ether oxygens (including phenoxy) is 1. The number of ketones is 1. The number of esters is 1. The van der Waals surface area contributed by atoms with Crippen LogP contribution in [-0.2, 0) is 14.3 Å². The fourth-order valence-corrected chi connectivity index (χ4v) is 8.61. The highest BCUT2D eigenvalue weighted by molar-refractivity contribution is 6.07. The van der Waals surface area contributed by atoms with Gasteiger partial charge in [0.2, 0.25) is 0 Å². The van der Waals surface area contributed by atoms with Gasteiger partial charge in [0.05, 0.1) is 24.7 Å². The van der Waals surface area contributed by atoms with Gasteiger partial charge in [0.1, 0.15) is 5.60 Å². The molecule has 9 atom stereocenters. The van der Waals surface area contributed by atoms with Crippen molar-refractivity contribution in [3.63, 3.8) is 0 Å². The molecule has 0 amide bonds. The number of fused-ring (bicyclic) bond motifs is 5. The molecular weight excluding hydrogens is 468 g/mol. The van der Waals surface area contributed by atoms with Gasteiger partial charge in [0.25, 0.3) is 0 Å². The molecular formula is C31H48O6.